The standard InChI is InChI=1S/C23H25ClN8O.C4F6O2.C2HF3O/c1-32(18-6-7-25-12-18)23(33)30-20-5-4-16-9-15(20)3-2-14-8-17(11-26-10-14)29-22-27-13-19(24)21(28-16)31-22;5-3(6,7)1(11)2(12)4(8,9)10;3-2(4,5)1-6/h4-5,8-11,13,18,25H,2-3,6-7,12H2,1H3,(H,30,33)(H2,27,28,29,31);;1H. The van der Waals surface area contributed by atoms with E-state index in [4.69, 9.17) is 16.4 Å². The van der Waals surface area contributed by atoms with Gasteiger partial charge in [0.25, 0.3) is 0 Å². The van der Waals surface area contributed by atoms with Crippen LogP contribution in [-0.2, 0) is 27.2 Å². The minimum Gasteiger partial charge on any atom is -0.339 e. The SMILES string of the molecule is CN(C(=O)Nc1ccc2cc1CCc1cncc(c1)Nc1ncc(Cl)c(n1)N2)C1CCNC1.O=C(C(=O)C(F)(F)F)C(F)(F)F.O=CC(F)(F)F. The molecule has 0 radical (unpaired) electrons. The second-order valence-corrected chi connectivity index (χ2v) is 11.0. The lowest BCUT2D eigenvalue weighted by Crippen LogP contribution is -2.41. The maximum Gasteiger partial charge on any atom is 0.458 e. The lowest BCUT2D eigenvalue weighted by molar-refractivity contribution is -0.193. The van der Waals surface area contributed by atoms with E-state index in [1.54, 1.807) is 17.3 Å². The van der Waals surface area contributed by atoms with Crippen LogP contribution in [0.2, 0.25) is 5.02 Å². The minimum atomic E-state index is -5.77. The molecule has 0 saturated carbocycles. The van der Waals surface area contributed by atoms with Gasteiger partial charge >= 0.3 is 36.1 Å². The Hall–Kier alpha value is -5.05. The highest BCUT2D eigenvalue weighted by Crippen LogP contribution is 2.30. The summed E-state index contributed by atoms with van der Waals surface area (Å²) in [6.07, 6.45) is -9.67. The predicted octanol–water partition coefficient (Wildman–Crippen LogP) is 5.93. The number of aldehydes is 1. The second kappa shape index (κ2) is 16.8. The number of ketones is 2. The molecule has 51 heavy (non-hydrogen) atoms. The largest absolute Gasteiger partial charge is 0.458 e. The number of halogens is 10. The first kappa shape index (κ1) is 40.4. The zero-order chi connectivity index (χ0) is 38.1. The predicted molar refractivity (Wildman–Crippen MR) is 164 cm³/mol. The van der Waals surface area contributed by atoms with Crippen molar-refractivity contribution >= 4 is 64.3 Å². The van der Waals surface area contributed by atoms with Crippen LogP contribution in [0.15, 0.2) is 42.9 Å². The van der Waals surface area contributed by atoms with Crippen LogP contribution in [0.25, 0.3) is 0 Å². The molecular weight excluding hydrogens is 731 g/mol. The topological polar surface area (TPSA) is 158 Å². The molecule has 0 spiro atoms. The third-order valence-corrected chi connectivity index (χ3v) is 7.12. The molecule has 276 valence electrons. The van der Waals surface area contributed by atoms with Crippen molar-refractivity contribution in [1.29, 1.82) is 0 Å². The number of amides is 2. The maximum absolute atomic E-state index is 12.9. The average molecular weight is 757 g/mol. The summed E-state index contributed by atoms with van der Waals surface area (Å²) in [7, 11) is 1.84. The second-order valence-electron chi connectivity index (χ2n) is 10.6. The number of anilines is 5. The van der Waals surface area contributed by atoms with Crippen LogP contribution in [0.5, 0.6) is 0 Å². The number of alkyl halides is 9. The third kappa shape index (κ3) is 12.3. The number of nitrogens with one attached hydrogen (secondary N) is 4. The number of pyridine rings is 1. The number of hydrogen-bond donors (Lipinski definition) is 4. The summed E-state index contributed by atoms with van der Waals surface area (Å²) in [6.45, 7) is 1.75. The number of benzene rings is 1. The average Bonchev–Trinajstić information content (AvgIpc) is 3.60. The quantitative estimate of drug-likeness (QED) is 0.143. The molecule has 4 N–H and O–H groups in total. The van der Waals surface area contributed by atoms with Crippen LogP contribution in [0, 0.1) is 0 Å². The van der Waals surface area contributed by atoms with Crippen LogP contribution in [-0.4, -0.2) is 88.4 Å². The van der Waals surface area contributed by atoms with Crippen molar-refractivity contribution in [3.63, 3.8) is 0 Å². The number of hydrogen-bond acceptors (Lipinski definition) is 10. The molecule has 2 amide bonds. The van der Waals surface area contributed by atoms with E-state index in [-0.39, 0.29) is 12.1 Å². The number of carbonyl (C=O) groups excluding carboxylic acids is 4. The molecule has 12 nitrogen and oxygen atoms in total. The van der Waals surface area contributed by atoms with Crippen LogP contribution < -0.4 is 21.3 Å². The summed E-state index contributed by atoms with van der Waals surface area (Å²) >= 11 is 6.33. The summed E-state index contributed by atoms with van der Waals surface area (Å²) < 4.78 is 98.2. The summed E-state index contributed by atoms with van der Waals surface area (Å²) in [5.74, 6) is -5.90. The molecule has 1 fully saturated rings. The van der Waals surface area contributed by atoms with Crippen molar-refractivity contribution in [2.24, 2.45) is 0 Å². The van der Waals surface area contributed by atoms with E-state index in [2.05, 4.69) is 36.2 Å². The molecule has 1 unspecified atom stereocenters. The van der Waals surface area contributed by atoms with Gasteiger partial charge in [0.05, 0.1) is 18.1 Å². The zero-order valence-electron chi connectivity index (χ0n) is 25.9. The maximum atomic E-state index is 12.9. The van der Waals surface area contributed by atoms with Gasteiger partial charge in [0.1, 0.15) is 5.02 Å². The Morgan fingerprint density at radius 1 is 0.922 bits per heavy atom. The Morgan fingerprint density at radius 2 is 1.57 bits per heavy atom. The smallest absolute Gasteiger partial charge is 0.339 e. The molecule has 1 saturated heterocycles. The number of likely N-dealkylation sites (N-methyl/N-ethyl adjacent to an activating group) is 1. The molecule has 0 aliphatic carbocycles. The molecule has 2 aliphatic heterocycles. The third-order valence-electron chi connectivity index (χ3n) is 6.84. The Morgan fingerprint density at radius 3 is 2.14 bits per heavy atom. The van der Waals surface area contributed by atoms with Crippen molar-refractivity contribution < 1.29 is 58.7 Å². The number of carbonyl (C=O) groups is 4. The Kier molecular flexibility index (Phi) is 13.3. The highest BCUT2D eigenvalue weighted by atomic mass is 35.5. The molecule has 3 aromatic rings. The summed E-state index contributed by atoms with van der Waals surface area (Å²) in [6, 6.07) is 7.96. The normalized spacial score (nSPS) is 15.3. The monoisotopic (exact) mass is 756 g/mol. The summed E-state index contributed by atoms with van der Waals surface area (Å²) in [4.78, 5) is 55.7. The van der Waals surface area contributed by atoms with Crippen LogP contribution in [0.1, 0.15) is 17.5 Å². The van der Waals surface area contributed by atoms with Gasteiger partial charge in [-0.05, 0) is 61.2 Å². The highest BCUT2D eigenvalue weighted by molar-refractivity contribution is 6.41. The molecule has 1 aromatic carbocycles. The van der Waals surface area contributed by atoms with Crippen LogP contribution in [0.4, 0.5) is 73.1 Å². The van der Waals surface area contributed by atoms with Crippen LogP contribution >= 0.6 is 11.6 Å². The van der Waals surface area contributed by atoms with E-state index >= 15 is 0 Å². The van der Waals surface area contributed by atoms with Crippen molar-refractivity contribution in [3.8, 4) is 0 Å². The molecule has 5 rings (SSSR count). The minimum absolute atomic E-state index is 0.111. The fraction of sp³-hybridized carbons (Fsp3) is 0.345. The van der Waals surface area contributed by atoms with Gasteiger partial charge in [-0.1, -0.05) is 11.6 Å². The van der Waals surface area contributed by atoms with E-state index in [0.717, 1.165) is 60.5 Å². The molecule has 1 atom stereocenters. The van der Waals surface area contributed by atoms with Gasteiger partial charge in [-0.2, -0.15) is 44.5 Å². The summed E-state index contributed by atoms with van der Waals surface area (Å²) in [5.41, 5.74) is 4.49. The van der Waals surface area contributed by atoms with Gasteiger partial charge in [-0.15, -0.1) is 0 Å². The fourth-order valence-corrected chi connectivity index (χ4v) is 4.49. The van der Waals surface area contributed by atoms with Crippen molar-refractivity contribution in [1.82, 2.24) is 25.2 Å². The molecule has 4 heterocycles. The molecule has 2 aromatic heterocycles. The number of aromatic nitrogens is 3. The van der Waals surface area contributed by atoms with E-state index in [1.165, 1.54) is 0 Å². The zero-order valence-corrected chi connectivity index (χ0v) is 26.7. The number of rotatable bonds is 3. The lowest BCUT2D eigenvalue weighted by atomic mass is 10.0. The summed E-state index contributed by atoms with van der Waals surface area (Å²) in [5, 5.41) is 13.3. The lowest BCUT2D eigenvalue weighted by Gasteiger charge is -2.25. The molecule has 2 aliphatic rings. The number of urea groups is 1. The first-order valence-electron chi connectivity index (χ1n) is 14.3. The molecular formula is C29H26ClF9N8O4. The van der Waals surface area contributed by atoms with Crippen LogP contribution in [0.3, 0.4) is 0 Å². The Labute approximate surface area is 287 Å². The number of Topliss-reactive ketones (excluding diaryl/α,β-unsaturated/α-hetero) is 2. The highest BCUT2D eigenvalue weighted by Gasteiger charge is 2.54. The molecule has 22 heteroatoms. The van der Waals surface area contributed by atoms with Gasteiger partial charge in [0, 0.05) is 37.2 Å². The van der Waals surface area contributed by atoms with Gasteiger partial charge in [-0.3, -0.25) is 19.4 Å². The number of nitrogens with zero attached hydrogens (tertiary/aromatic N) is 4. The van der Waals surface area contributed by atoms with E-state index < -0.39 is 36.4 Å². The number of aryl methyl sites for hydroxylation is 2. The number of fused-ring (bicyclic) bond motifs is 6. The van der Waals surface area contributed by atoms with E-state index in [1.807, 2.05) is 37.5 Å². The van der Waals surface area contributed by atoms with Crippen molar-refractivity contribution in [2.45, 2.75) is 43.8 Å². The first-order chi connectivity index (χ1) is 23.7. The van der Waals surface area contributed by atoms with E-state index in [9.17, 15) is 53.9 Å². The fourth-order valence-electron chi connectivity index (χ4n) is 4.35. The van der Waals surface area contributed by atoms with Gasteiger partial charge < -0.3 is 26.2 Å². The molecule has 6 bridgehead atoms. The first-order valence-corrected chi connectivity index (χ1v) is 14.7. The Balaban J connectivity index is 0.000000324. The van der Waals surface area contributed by atoms with Gasteiger partial charge in [0.15, 0.2) is 5.82 Å². The van der Waals surface area contributed by atoms with E-state index in [0.29, 0.717) is 16.8 Å². The Bertz CT molecular complexity index is 1710. The van der Waals surface area contributed by atoms with Crippen molar-refractivity contribution in [2.75, 3.05) is 36.1 Å². The van der Waals surface area contributed by atoms with Gasteiger partial charge in [0.2, 0.25) is 12.2 Å². The van der Waals surface area contributed by atoms with Gasteiger partial charge in [-0.25, -0.2) is 9.78 Å². The van der Waals surface area contributed by atoms with Crippen molar-refractivity contribution in [3.05, 3.63) is 59.0 Å².